The average Bonchev–Trinajstić information content (AvgIpc) is 2.92. The molecular weight excluding hydrogens is 240 g/mol. The highest BCUT2D eigenvalue weighted by atomic mass is 16.5. The summed E-state index contributed by atoms with van der Waals surface area (Å²) in [5.74, 6) is 0.0436. The van der Waals surface area contributed by atoms with Crippen LogP contribution in [0.15, 0.2) is 0 Å². The van der Waals surface area contributed by atoms with E-state index < -0.39 is 5.41 Å². The third-order valence-corrected chi connectivity index (χ3v) is 5.20. The smallest absolute Gasteiger partial charge is 0.243 e. The van der Waals surface area contributed by atoms with Gasteiger partial charge >= 0.3 is 0 Å². The summed E-state index contributed by atoms with van der Waals surface area (Å²) in [6.07, 6.45) is 4.38. The normalized spacial score (nSPS) is 25.0. The summed E-state index contributed by atoms with van der Waals surface area (Å²) in [4.78, 5) is 14.7. The van der Waals surface area contributed by atoms with Gasteiger partial charge in [0.25, 0.3) is 0 Å². The summed E-state index contributed by atoms with van der Waals surface area (Å²) in [7, 11) is 0. The summed E-state index contributed by atoms with van der Waals surface area (Å²) in [6.45, 7) is 7.09. The Balaban J connectivity index is 2.10. The molecule has 0 radical (unpaired) electrons. The van der Waals surface area contributed by atoms with Crippen molar-refractivity contribution >= 4 is 5.91 Å². The monoisotopic (exact) mass is 264 g/mol. The molecule has 1 amide bonds. The van der Waals surface area contributed by atoms with E-state index in [2.05, 4.69) is 19.9 Å². The number of amides is 1. The molecule has 0 aliphatic carbocycles. The predicted molar refractivity (Wildman–Crippen MR) is 72.3 cm³/mol. The molecule has 4 nitrogen and oxygen atoms in total. The van der Waals surface area contributed by atoms with Gasteiger partial charge in [-0.3, -0.25) is 4.79 Å². The third kappa shape index (κ3) is 2.49. The van der Waals surface area contributed by atoms with Crippen LogP contribution in [-0.4, -0.2) is 37.1 Å². The molecule has 4 heteroatoms. The number of hydrogen-bond acceptors (Lipinski definition) is 3. The molecule has 0 atom stereocenters. The minimum atomic E-state index is -0.824. The molecule has 2 heterocycles. The topological polar surface area (TPSA) is 53.3 Å². The SMILES string of the molecule is CCC1(CC)CCN(C(=O)C2(C#N)CCOCC2)C1. The van der Waals surface area contributed by atoms with Crippen LogP contribution < -0.4 is 0 Å². The van der Waals surface area contributed by atoms with Gasteiger partial charge in [0.1, 0.15) is 5.41 Å². The Kier molecular flexibility index (Phi) is 4.15. The highest BCUT2D eigenvalue weighted by molar-refractivity contribution is 5.86. The van der Waals surface area contributed by atoms with E-state index in [0.717, 1.165) is 32.4 Å². The number of ether oxygens (including phenoxy) is 1. The van der Waals surface area contributed by atoms with E-state index in [-0.39, 0.29) is 11.3 Å². The fraction of sp³-hybridized carbons (Fsp3) is 0.867. The Morgan fingerprint density at radius 1 is 1.26 bits per heavy atom. The van der Waals surface area contributed by atoms with Crippen LogP contribution in [0.1, 0.15) is 46.0 Å². The van der Waals surface area contributed by atoms with Crippen LogP contribution in [0.25, 0.3) is 0 Å². The average molecular weight is 264 g/mol. The second kappa shape index (κ2) is 5.50. The molecule has 0 unspecified atom stereocenters. The maximum atomic E-state index is 12.7. The number of carbonyl (C=O) groups is 1. The van der Waals surface area contributed by atoms with E-state index in [1.807, 2.05) is 4.90 Å². The van der Waals surface area contributed by atoms with Gasteiger partial charge in [-0.25, -0.2) is 0 Å². The van der Waals surface area contributed by atoms with Crippen molar-refractivity contribution in [1.82, 2.24) is 4.90 Å². The third-order valence-electron chi connectivity index (χ3n) is 5.20. The maximum Gasteiger partial charge on any atom is 0.243 e. The first-order valence-corrected chi connectivity index (χ1v) is 7.40. The lowest BCUT2D eigenvalue weighted by Gasteiger charge is -2.34. The lowest BCUT2D eigenvalue weighted by Crippen LogP contribution is -2.46. The van der Waals surface area contributed by atoms with Crippen LogP contribution in [0.4, 0.5) is 0 Å². The maximum absolute atomic E-state index is 12.7. The van der Waals surface area contributed by atoms with Gasteiger partial charge in [0, 0.05) is 26.3 Å². The molecule has 2 aliphatic rings. The number of rotatable bonds is 3. The Morgan fingerprint density at radius 3 is 2.37 bits per heavy atom. The fourth-order valence-corrected chi connectivity index (χ4v) is 3.33. The van der Waals surface area contributed by atoms with Gasteiger partial charge in [-0.1, -0.05) is 13.8 Å². The van der Waals surface area contributed by atoms with E-state index in [9.17, 15) is 10.1 Å². The first-order chi connectivity index (χ1) is 9.11. The van der Waals surface area contributed by atoms with Crippen LogP contribution in [-0.2, 0) is 9.53 Å². The summed E-state index contributed by atoms with van der Waals surface area (Å²) in [5, 5.41) is 9.46. The van der Waals surface area contributed by atoms with E-state index in [0.29, 0.717) is 26.1 Å². The lowest BCUT2D eigenvalue weighted by molar-refractivity contribution is -0.142. The van der Waals surface area contributed by atoms with Crippen molar-refractivity contribution in [2.75, 3.05) is 26.3 Å². The second-order valence-corrected chi connectivity index (χ2v) is 5.99. The molecule has 2 fully saturated rings. The van der Waals surface area contributed by atoms with Gasteiger partial charge in [0.2, 0.25) is 5.91 Å². The number of nitrogens with zero attached hydrogens (tertiary/aromatic N) is 2. The van der Waals surface area contributed by atoms with E-state index in [1.54, 1.807) is 0 Å². The van der Waals surface area contributed by atoms with Crippen molar-refractivity contribution in [3.05, 3.63) is 0 Å². The molecule has 0 bridgehead atoms. The Labute approximate surface area is 115 Å². The summed E-state index contributed by atoms with van der Waals surface area (Å²) in [5.41, 5.74) is -0.548. The summed E-state index contributed by atoms with van der Waals surface area (Å²) in [6, 6.07) is 2.29. The minimum Gasteiger partial charge on any atom is -0.381 e. The van der Waals surface area contributed by atoms with Gasteiger partial charge in [-0.15, -0.1) is 0 Å². The molecule has 106 valence electrons. The largest absolute Gasteiger partial charge is 0.381 e. The van der Waals surface area contributed by atoms with Crippen LogP contribution in [0.5, 0.6) is 0 Å². The highest BCUT2D eigenvalue weighted by Gasteiger charge is 2.47. The molecule has 0 aromatic heterocycles. The van der Waals surface area contributed by atoms with Crippen molar-refractivity contribution in [3.63, 3.8) is 0 Å². The zero-order valence-corrected chi connectivity index (χ0v) is 12.1. The molecule has 19 heavy (non-hydrogen) atoms. The van der Waals surface area contributed by atoms with Gasteiger partial charge in [-0.05, 0) is 37.5 Å². The Morgan fingerprint density at radius 2 is 1.89 bits per heavy atom. The molecule has 0 aromatic carbocycles. The van der Waals surface area contributed by atoms with Crippen LogP contribution in [0.2, 0.25) is 0 Å². The van der Waals surface area contributed by atoms with Crippen LogP contribution in [0, 0.1) is 22.2 Å². The van der Waals surface area contributed by atoms with Crippen molar-refractivity contribution in [2.45, 2.75) is 46.0 Å². The number of likely N-dealkylation sites (tertiary alicyclic amines) is 1. The number of carbonyl (C=O) groups excluding carboxylic acids is 1. The van der Waals surface area contributed by atoms with E-state index in [4.69, 9.17) is 4.74 Å². The van der Waals surface area contributed by atoms with Crippen molar-refractivity contribution in [1.29, 1.82) is 5.26 Å². The Hall–Kier alpha value is -1.08. The molecular formula is C15H24N2O2. The lowest BCUT2D eigenvalue weighted by atomic mass is 9.79. The molecule has 0 saturated carbocycles. The standard InChI is InChI=1S/C15H24N2O2/c1-3-14(4-2)5-8-17(12-14)13(18)15(11-16)6-9-19-10-7-15/h3-10,12H2,1-2H3. The molecule has 2 saturated heterocycles. The zero-order valence-electron chi connectivity index (χ0n) is 12.1. The number of hydrogen-bond donors (Lipinski definition) is 0. The second-order valence-electron chi connectivity index (χ2n) is 5.99. The summed E-state index contributed by atoms with van der Waals surface area (Å²) >= 11 is 0. The fourth-order valence-electron chi connectivity index (χ4n) is 3.33. The molecule has 0 N–H and O–H groups in total. The van der Waals surface area contributed by atoms with E-state index in [1.165, 1.54) is 0 Å². The van der Waals surface area contributed by atoms with Crippen LogP contribution >= 0.6 is 0 Å². The van der Waals surface area contributed by atoms with E-state index >= 15 is 0 Å². The van der Waals surface area contributed by atoms with Crippen molar-refractivity contribution in [3.8, 4) is 6.07 Å². The Bertz CT molecular complexity index is 376. The molecule has 0 aromatic rings. The summed E-state index contributed by atoms with van der Waals surface area (Å²) < 4.78 is 5.30. The zero-order chi connectivity index (χ0) is 13.9. The quantitative estimate of drug-likeness (QED) is 0.786. The minimum absolute atomic E-state index is 0.0436. The van der Waals surface area contributed by atoms with Crippen LogP contribution in [0.3, 0.4) is 0 Å². The molecule has 2 aliphatic heterocycles. The van der Waals surface area contributed by atoms with Gasteiger partial charge in [-0.2, -0.15) is 5.26 Å². The molecule has 0 spiro atoms. The predicted octanol–water partition coefficient (Wildman–Crippen LogP) is 2.35. The van der Waals surface area contributed by atoms with Crippen molar-refractivity contribution < 1.29 is 9.53 Å². The van der Waals surface area contributed by atoms with Gasteiger partial charge in [0.05, 0.1) is 6.07 Å². The highest BCUT2D eigenvalue weighted by Crippen LogP contribution is 2.40. The first kappa shape index (κ1) is 14.3. The van der Waals surface area contributed by atoms with Gasteiger partial charge < -0.3 is 9.64 Å². The number of nitriles is 1. The van der Waals surface area contributed by atoms with Crippen molar-refractivity contribution in [2.24, 2.45) is 10.8 Å². The first-order valence-electron chi connectivity index (χ1n) is 7.40. The molecule has 2 rings (SSSR count). The van der Waals surface area contributed by atoms with Gasteiger partial charge in [0.15, 0.2) is 0 Å².